The fourth-order valence-electron chi connectivity index (χ4n) is 0.730. The van der Waals surface area contributed by atoms with Gasteiger partial charge in [0, 0.05) is 16.1 Å². The number of aryl methyl sites for hydroxylation is 1. The van der Waals surface area contributed by atoms with Gasteiger partial charge in [-0.1, -0.05) is 22.0 Å². The first-order valence-electron chi connectivity index (χ1n) is 3.23. The normalized spacial score (nSPS) is 9.58. The Bertz CT molecular complexity index is 312. The molecule has 12 heavy (non-hydrogen) atoms. The van der Waals surface area contributed by atoms with Crippen molar-refractivity contribution in [1.29, 1.82) is 0 Å². The maximum absolute atomic E-state index is 10.3. The molecule has 0 atom stereocenters. The molecule has 0 aliphatic heterocycles. The summed E-state index contributed by atoms with van der Waals surface area (Å²) in [7, 11) is 0. The molecule has 1 aromatic carbocycles. The lowest BCUT2D eigenvalue weighted by Crippen LogP contribution is -1.95. The van der Waals surface area contributed by atoms with Crippen LogP contribution in [0.15, 0.2) is 22.7 Å². The Morgan fingerprint density at radius 2 is 2.25 bits per heavy atom. The molecule has 0 bridgehead atoms. The Labute approximate surface area is 83.6 Å². The number of ether oxygens (including phenoxy) is 1. The van der Waals surface area contributed by atoms with Gasteiger partial charge in [-0.2, -0.15) is 0 Å². The average molecular weight is 249 g/mol. The van der Waals surface area contributed by atoms with E-state index in [9.17, 15) is 4.79 Å². The summed E-state index contributed by atoms with van der Waals surface area (Å²) in [5.74, 6) is 0.437. The maximum atomic E-state index is 10.3. The van der Waals surface area contributed by atoms with E-state index in [1.807, 2.05) is 13.0 Å². The van der Waals surface area contributed by atoms with Gasteiger partial charge in [-0.25, -0.2) is 4.79 Å². The van der Waals surface area contributed by atoms with Crippen molar-refractivity contribution < 1.29 is 9.53 Å². The summed E-state index contributed by atoms with van der Waals surface area (Å²) in [6.07, 6.45) is 0. The van der Waals surface area contributed by atoms with Crippen LogP contribution in [0.1, 0.15) is 5.56 Å². The molecule has 64 valence electrons. The van der Waals surface area contributed by atoms with Crippen LogP contribution in [0, 0.1) is 6.92 Å². The van der Waals surface area contributed by atoms with Crippen LogP contribution in [0.3, 0.4) is 0 Å². The van der Waals surface area contributed by atoms with Gasteiger partial charge < -0.3 is 4.74 Å². The smallest absolute Gasteiger partial charge is 0.409 e. The van der Waals surface area contributed by atoms with Crippen LogP contribution in [0.4, 0.5) is 4.79 Å². The molecular formula is C8H6BrClO2. The minimum Gasteiger partial charge on any atom is -0.414 e. The largest absolute Gasteiger partial charge is 0.414 e. The van der Waals surface area contributed by atoms with Crippen LogP contribution in [-0.2, 0) is 0 Å². The lowest BCUT2D eigenvalue weighted by molar-refractivity contribution is 0.225. The molecule has 0 saturated heterocycles. The molecule has 2 nitrogen and oxygen atoms in total. The number of benzene rings is 1. The van der Waals surface area contributed by atoms with Crippen LogP contribution in [-0.4, -0.2) is 5.43 Å². The first kappa shape index (κ1) is 9.55. The second kappa shape index (κ2) is 3.92. The molecule has 0 N–H and O–H groups in total. The van der Waals surface area contributed by atoms with Crippen LogP contribution in [0.2, 0.25) is 0 Å². The van der Waals surface area contributed by atoms with E-state index in [2.05, 4.69) is 20.7 Å². The average Bonchev–Trinajstić information content (AvgIpc) is 1.96. The Kier molecular flexibility index (Phi) is 3.12. The summed E-state index contributed by atoms with van der Waals surface area (Å²) in [5.41, 5.74) is 0.245. The zero-order chi connectivity index (χ0) is 9.14. The highest BCUT2D eigenvalue weighted by Gasteiger charge is 2.01. The second-order valence-electron chi connectivity index (χ2n) is 2.25. The maximum Gasteiger partial charge on any atom is 0.409 e. The Balaban J connectivity index is 2.89. The van der Waals surface area contributed by atoms with E-state index in [0.717, 1.165) is 10.0 Å². The lowest BCUT2D eigenvalue weighted by atomic mass is 10.2. The third-order valence-corrected chi connectivity index (χ3v) is 2.27. The summed E-state index contributed by atoms with van der Waals surface area (Å²) in [6.45, 7) is 1.94. The highest BCUT2D eigenvalue weighted by molar-refractivity contribution is 9.10. The van der Waals surface area contributed by atoms with E-state index in [0.29, 0.717) is 5.75 Å². The lowest BCUT2D eigenvalue weighted by Gasteiger charge is -2.01. The van der Waals surface area contributed by atoms with Crippen molar-refractivity contribution in [3.8, 4) is 5.75 Å². The molecule has 0 heterocycles. The quantitative estimate of drug-likeness (QED) is 0.712. The van der Waals surface area contributed by atoms with Gasteiger partial charge in [0.25, 0.3) is 0 Å². The van der Waals surface area contributed by atoms with Crippen LogP contribution >= 0.6 is 27.5 Å². The van der Waals surface area contributed by atoms with E-state index in [1.165, 1.54) is 0 Å². The molecule has 0 aliphatic carbocycles. The van der Waals surface area contributed by atoms with E-state index in [1.54, 1.807) is 12.1 Å². The minimum absolute atomic E-state index is 0.437. The fraction of sp³-hybridized carbons (Fsp3) is 0.125. The summed E-state index contributed by atoms with van der Waals surface area (Å²) < 4.78 is 5.53. The summed E-state index contributed by atoms with van der Waals surface area (Å²) >= 11 is 8.33. The van der Waals surface area contributed by atoms with E-state index < -0.39 is 5.43 Å². The molecule has 0 fully saturated rings. The van der Waals surface area contributed by atoms with Gasteiger partial charge in [-0.15, -0.1) is 0 Å². The first-order valence-corrected chi connectivity index (χ1v) is 4.40. The number of carbonyl (C=O) groups is 1. The van der Waals surface area contributed by atoms with Crippen molar-refractivity contribution in [2.24, 2.45) is 0 Å². The number of rotatable bonds is 1. The van der Waals surface area contributed by atoms with Crippen molar-refractivity contribution in [3.05, 3.63) is 28.2 Å². The van der Waals surface area contributed by atoms with Gasteiger partial charge in [0.05, 0.1) is 0 Å². The van der Waals surface area contributed by atoms with Gasteiger partial charge >= 0.3 is 5.43 Å². The van der Waals surface area contributed by atoms with Crippen LogP contribution < -0.4 is 4.74 Å². The summed E-state index contributed by atoms with van der Waals surface area (Å²) in [6, 6.07) is 5.20. The molecule has 0 radical (unpaired) electrons. The summed E-state index contributed by atoms with van der Waals surface area (Å²) in [5, 5.41) is 0. The van der Waals surface area contributed by atoms with Gasteiger partial charge in [-0.05, 0) is 24.6 Å². The molecule has 0 spiro atoms. The monoisotopic (exact) mass is 248 g/mol. The molecule has 1 aromatic rings. The van der Waals surface area contributed by atoms with E-state index in [4.69, 9.17) is 11.6 Å². The number of halogens is 2. The van der Waals surface area contributed by atoms with Gasteiger partial charge in [-0.3, -0.25) is 0 Å². The van der Waals surface area contributed by atoms with Gasteiger partial charge in [0.15, 0.2) is 0 Å². The standard InChI is InChI=1S/C8H6BrClO2/c1-5-2-3-6(4-7(5)9)12-8(10)11/h2-4H,1H3. The second-order valence-corrected chi connectivity index (χ2v) is 3.41. The molecule has 0 aromatic heterocycles. The topological polar surface area (TPSA) is 26.3 Å². The Morgan fingerprint density at radius 3 is 2.75 bits per heavy atom. The molecule has 0 amide bonds. The zero-order valence-electron chi connectivity index (χ0n) is 6.30. The Morgan fingerprint density at radius 1 is 1.58 bits per heavy atom. The van der Waals surface area contributed by atoms with Crippen LogP contribution in [0.25, 0.3) is 0 Å². The minimum atomic E-state index is -0.828. The summed E-state index contributed by atoms with van der Waals surface area (Å²) in [4.78, 5) is 10.3. The molecule has 1 rings (SSSR count). The first-order chi connectivity index (χ1) is 5.59. The molecule has 0 aliphatic rings. The Hall–Kier alpha value is -0.540. The number of hydrogen-bond donors (Lipinski definition) is 0. The number of carbonyl (C=O) groups excluding carboxylic acids is 1. The van der Waals surface area contributed by atoms with E-state index >= 15 is 0 Å². The van der Waals surface area contributed by atoms with Crippen molar-refractivity contribution in [1.82, 2.24) is 0 Å². The van der Waals surface area contributed by atoms with Gasteiger partial charge in [0.2, 0.25) is 0 Å². The van der Waals surface area contributed by atoms with Crippen molar-refractivity contribution in [3.63, 3.8) is 0 Å². The molecule has 4 heteroatoms. The fourth-order valence-corrected chi connectivity index (χ4v) is 1.18. The predicted molar refractivity (Wildman–Crippen MR) is 50.8 cm³/mol. The number of hydrogen-bond acceptors (Lipinski definition) is 2. The van der Waals surface area contributed by atoms with Gasteiger partial charge in [0.1, 0.15) is 5.75 Å². The SMILES string of the molecule is Cc1ccc(OC(=O)Cl)cc1Br. The van der Waals surface area contributed by atoms with Crippen molar-refractivity contribution in [2.45, 2.75) is 6.92 Å². The third-order valence-electron chi connectivity index (χ3n) is 1.34. The van der Waals surface area contributed by atoms with Crippen LogP contribution in [0.5, 0.6) is 5.75 Å². The molecular weight excluding hydrogens is 243 g/mol. The highest BCUT2D eigenvalue weighted by Crippen LogP contribution is 2.22. The zero-order valence-corrected chi connectivity index (χ0v) is 8.65. The molecule has 0 saturated carbocycles. The van der Waals surface area contributed by atoms with Crippen molar-refractivity contribution >= 4 is 33.0 Å². The molecule has 0 unspecified atom stereocenters. The van der Waals surface area contributed by atoms with Crippen molar-refractivity contribution in [2.75, 3.05) is 0 Å². The third kappa shape index (κ3) is 2.50. The predicted octanol–water partition coefficient (Wildman–Crippen LogP) is 3.50. The van der Waals surface area contributed by atoms with E-state index in [-0.39, 0.29) is 0 Å². The highest BCUT2D eigenvalue weighted by atomic mass is 79.9.